The molecule has 0 saturated carbocycles. The maximum absolute atomic E-state index is 13.8. The van der Waals surface area contributed by atoms with Crippen molar-refractivity contribution in [2.45, 2.75) is 13.0 Å². The number of rotatable bonds is 4. The van der Waals surface area contributed by atoms with Crippen LogP contribution in [0.2, 0.25) is 0 Å². The molecule has 1 N–H and O–H groups in total. The van der Waals surface area contributed by atoms with E-state index in [1.165, 1.54) is 6.07 Å². The molecule has 106 valence electrons. The van der Waals surface area contributed by atoms with Crippen molar-refractivity contribution >= 4 is 37.5 Å². The van der Waals surface area contributed by atoms with Crippen LogP contribution in [0.1, 0.15) is 18.5 Å². The van der Waals surface area contributed by atoms with Crippen LogP contribution in [0.15, 0.2) is 45.3 Å². The molecule has 2 nitrogen and oxygen atoms in total. The number of nitrogens with one attached hydrogen (secondary N) is 1. The van der Waals surface area contributed by atoms with Gasteiger partial charge in [-0.3, -0.25) is 0 Å². The van der Waals surface area contributed by atoms with Crippen molar-refractivity contribution < 1.29 is 9.13 Å². The number of methoxy groups -OCH3 is 1. The van der Waals surface area contributed by atoms with Gasteiger partial charge in [-0.2, -0.15) is 0 Å². The van der Waals surface area contributed by atoms with E-state index in [2.05, 4.69) is 37.2 Å². The third kappa shape index (κ3) is 3.52. The summed E-state index contributed by atoms with van der Waals surface area (Å²) < 4.78 is 20.7. The van der Waals surface area contributed by atoms with Crippen LogP contribution in [0.25, 0.3) is 0 Å². The minimum absolute atomic E-state index is 0.146. The summed E-state index contributed by atoms with van der Waals surface area (Å²) in [5.74, 6) is 0.539. The molecule has 0 spiro atoms. The molecule has 1 unspecified atom stereocenters. The smallest absolute Gasteiger partial charge is 0.133 e. The lowest BCUT2D eigenvalue weighted by Gasteiger charge is -2.17. The number of hydrogen-bond acceptors (Lipinski definition) is 2. The van der Waals surface area contributed by atoms with Crippen molar-refractivity contribution in [2.24, 2.45) is 0 Å². The van der Waals surface area contributed by atoms with E-state index < -0.39 is 0 Å². The van der Waals surface area contributed by atoms with Crippen LogP contribution in [0, 0.1) is 5.82 Å². The van der Waals surface area contributed by atoms with Gasteiger partial charge in [0.15, 0.2) is 0 Å². The second kappa shape index (κ2) is 6.59. The molecule has 20 heavy (non-hydrogen) atoms. The molecule has 0 fully saturated rings. The van der Waals surface area contributed by atoms with Crippen LogP contribution in [0.3, 0.4) is 0 Å². The van der Waals surface area contributed by atoms with Gasteiger partial charge >= 0.3 is 0 Å². The fourth-order valence-corrected chi connectivity index (χ4v) is 2.85. The normalized spacial score (nSPS) is 12.1. The Morgan fingerprint density at radius 3 is 2.55 bits per heavy atom. The van der Waals surface area contributed by atoms with E-state index in [1.54, 1.807) is 19.2 Å². The average Bonchev–Trinajstić information content (AvgIpc) is 2.41. The van der Waals surface area contributed by atoms with Gasteiger partial charge in [-0.05, 0) is 59.3 Å². The third-order valence-corrected chi connectivity index (χ3v) is 4.07. The van der Waals surface area contributed by atoms with E-state index in [0.717, 1.165) is 20.4 Å². The lowest BCUT2D eigenvalue weighted by atomic mass is 10.1. The largest absolute Gasteiger partial charge is 0.496 e. The van der Waals surface area contributed by atoms with Gasteiger partial charge in [0.05, 0.1) is 17.6 Å². The molecular formula is C15H14Br2FNO. The van der Waals surface area contributed by atoms with Gasteiger partial charge in [-0.25, -0.2) is 4.39 Å². The molecule has 0 saturated heterocycles. The maximum atomic E-state index is 13.8. The molecule has 0 aliphatic carbocycles. The predicted octanol–water partition coefficient (Wildman–Crippen LogP) is 5.53. The van der Waals surface area contributed by atoms with Gasteiger partial charge in [0, 0.05) is 15.7 Å². The Hall–Kier alpha value is -1.07. The van der Waals surface area contributed by atoms with Crippen molar-refractivity contribution in [3.63, 3.8) is 0 Å². The van der Waals surface area contributed by atoms with E-state index >= 15 is 0 Å². The van der Waals surface area contributed by atoms with Crippen LogP contribution in [-0.4, -0.2) is 7.11 Å². The molecule has 0 radical (unpaired) electrons. The van der Waals surface area contributed by atoms with Crippen LogP contribution in [0.4, 0.5) is 10.1 Å². The molecule has 5 heteroatoms. The molecule has 1 atom stereocenters. The van der Waals surface area contributed by atoms with Crippen LogP contribution >= 0.6 is 31.9 Å². The first-order chi connectivity index (χ1) is 9.51. The first kappa shape index (κ1) is 15.3. The number of benzene rings is 2. The van der Waals surface area contributed by atoms with E-state index in [-0.39, 0.29) is 11.9 Å². The molecule has 2 aromatic rings. The zero-order chi connectivity index (χ0) is 14.7. The highest BCUT2D eigenvalue weighted by Gasteiger charge is 2.12. The van der Waals surface area contributed by atoms with Gasteiger partial charge in [0.1, 0.15) is 11.6 Å². The Kier molecular flexibility index (Phi) is 5.05. The number of ether oxygens (including phenoxy) is 1. The van der Waals surface area contributed by atoms with Crippen LogP contribution in [0.5, 0.6) is 5.75 Å². The Morgan fingerprint density at radius 1 is 1.15 bits per heavy atom. The van der Waals surface area contributed by atoms with Crippen LogP contribution < -0.4 is 10.1 Å². The highest BCUT2D eigenvalue weighted by Crippen LogP contribution is 2.30. The third-order valence-electron chi connectivity index (χ3n) is 2.96. The SMILES string of the molecule is COc1ccc(NC(C)c2cc(Br)ccc2F)cc1Br. The van der Waals surface area contributed by atoms with E-state index in [4.69, 9.17) is 4.74 Å². The fraction of sp³-hybridized carbons (Fsp3) is 0.200. The summed E-state index contributed by atoms with van der Waals surface area (Å²) in [5.41, 5.74) is 1.51. The number of anilines is 1. The minimum atomic E-state index is -0.222. The topological polar surface area (TPSA) is 21.3 Å². The molecule has 0 bridgehead atoms. The molecule has 0 aromatic heterocycles. The molecule has 0 aliphatic heterocycles. The molecule has 2 rings (SSSR count). The van der Waals surface area contributed by atoms with E-state index in [1.807, 2.05) is 25.1 Å². The number of halogens is 3. The highest BCUT2D eigenvalue weighted by molar-refractivity contribution is 9.10. The Balaban J connectivity index is 2.21. The highest BCUT2D eigenvalue weighted by atomic mass is 79.9. The minimum Gasteiger partial charge on any atom is -0.496 e. The second-order valence-electron chi connectivity index (χ2n) is 4.38. The van der Waals surface area contributed by atoms with Crippen molar-refractivity contribution in [1.82, 2.24) is 0 Å². The molecule has 0 aliphatic rings. The predicted molar refractivity (Wildman–Crippen MR) is 86.8 cm³/mol. The monoisotopic (exact) mass is 401 g/mol. The Labute approximate surface area is 134 Å². The quantitative estimate of drug-likeness (QED) is 0.725. The van der Waals surface area contributed by atoms with E-state index in [0.29, 0.717) is 5.56 Å². The van der Waals surface area contributed by atoms with Crippen LogP contribution in [-0.2, 0) is 0 Å². The molecule has 2 aromatic carbocycles. The average molecular weight is 403 g/mol. The summed E-state index contributed by atoms with van der Waals surface area (Å²) in [6.07, 6.45) is 0. The van der Waals surface area contributed by atoms with Crippen molar-refractivity contribution in [2.75, 3.05) is 12.4 Å². The lowest BCUT2D eigenvalue weighted by molar-refractivity contribution is 0.412. The summed E-state index contributed by atoms with van der Waals surface area (Å²) in [6.45, 7) is 1.92. The maximum Gasteiger partial charge on any atom is 0.133 e. The first-order valence-electron chi connectivity index (χ1n) is 6.06. The van der Waals surface area contributed by atoms with Crippen molar-refractivity contribution in [3.05, 3.63) is 56.7 Å². The molecular weight excluding hydrogens is 389 g/mol. The van der Waals surface area contributed by atoms with Gasteiger partial charge in [0.2, 0.25) is 0 Å². The summed E-state index contributed by atoms with van der Waals surface area (Å²) >= 11 is 6.80. The zero-order valence-corrected chi connectivity index (χ0v) is 14.3. The summed E-state index contributed by atoms with van der Waals surface area (Å²) in [5, 5.41) is 3.27. The van der Waals surface area contributed by atoms with Crippen molar-refractivity contribution in [3.8, 4) is 5.75 Å². The van der Waals surface area contributed by atoms with Gasteiger partial charge in [0.25, 0.3) is 0 Å². The molecule has 0 heterocycles. The Bertz CT molecular complexity index is 619. The summed E-state index contributed by atoms with van der Waals surface area (Å²) in [7, 11) is 1.62. The van der Waals surface area contributed by atoms with Crippen molar-refractivity contribution in [1.29, 1.82) is 0 Å². The standard InChI is InChI=1S/C15H14Br2FNO/c1-9(12-7-10(16)3-5-14(12)18)19-11-4-6-15(20-2)13(17)8-11/h3-9,19H,1-2H3. The second-order valence-corrected chi connectivity index (χ2v) is 6.15. The van der Waals surface area contributed by atoms with Gasteiger partial charge < -0.3 is 10.1 Å². The number of hydrogen-bond donors (Lipinski definition) is 1. The van der Waals surface area contributed by atoms with Gasteiger partial charge in [-0.15, -0.1) is 0 Å². The fourth-order valence-electron chi connectivity index (χ4n) is 1.93. The summed E-state index contributed by atoms with van der Waals surface area (Å²) in [4.78, 5) is 0. The van der Waals surface area contributed by atoms with E-state index in [9.17, 15) is 4.39 Å². The Morgan fingerprint density at radius 2 is 1.90 bits per heavy atom. The summed E-state index contributed by atoms with van der Waals surface area (Å²) in [6, 6.07) is 10.5. The lowest BCUT2D eigenvalue weighted by Crippen LogP contribution is -2.08. The van der Waals surface area contributed by atoms with Gasteiger partial charge in [-0.1, -0.05) is 15.9 Å². The zero-order valence-electron chi connectivity index (χ0n) is 11.1. The first-order valence-corrected chi connectivity index (χ1v) is 7.65. The molecule has 0 amide bonds.